The summed E-state index contributed by atoms with van der Waals surface area (Å²) in [6.07, 6.45) is 3.92. The van der Waals surface area contributed by atoms with Crippen molar-refractivity contribution in [2.45, 2.75) is 32.3 Å². The van der Waals surface area contributed by atoms with E-state index in [1.165, 1.54) is 6.20 Å². The molecule has 0 radical (unpaired) electrons. The molecule has 2 amide bonds. The highest BCUT2D eigenvalue weighted by molar-refractivity contribution is 5.90. The first-order valence-electron chi connectivity index (χ1n) is 8.58. The summed E-state index contributed by atoms with van der Waals surface area (Å²) >= 11 is 0. The third kappa shape index (κ3) is 3.94. The standard InChI is InChI=1S/C18H22N6O2/c1-12(2)17-15(11-23(3)22-17)21-18(25)24-7-6-14(10-24)26-16-5-4-13(8-19)9-20-16/h4-5,9,11-12,14H,6-7,10H2,1-3H3,(H,21,25). The van der Waals surface area contributed by atoms with Gasteiger partial charge < -0.3 is 15.0 Å². The van der Waals surface area contributed by atoms with Gasteiger partial charge in [-0.25, -0.2) is 9.78 Å². The molecule has 0 saturated carbocycles. The Kier molecular flexibility index (Phi) is 5.07. The average molecular weight is 354 g/mol. The molecule has 0 spiro atoms. The first-order valence-corrected chi connectivity index (χ1v) is 8.58. The summed E-state index contributed by atoms with van der Waals surface area (Å²) < 4.78 is 7.52. The Bertz CT molecular complexity index is 821. The number of carbonyl (C=O) groups excluding carboxylic acids is 1. The van der Waals surface area contributed by atoms with Crippen molar-refractivity contribution in [2.24, 2.45) is 7.05 Å². The van der Waals surface area contributed by atoms with Gasteiger partial charge in [-0.15, -0.1) is 0 Å². The van der Waals surface area contributed by atoms with Crippen molar-refractivity contribution in [1.29, 1.82) is 5.26 Å². The van der Waals surface area contributed by atoms with Gasteiger partial charge in [-0.1, -0.05) is 13.8 Å². The molecule has 2 aromatic heterocycles. The van der Waals surface area contributed by atoms with Crippen molar-refractivity contribution in [3.8, 4) is 11.9 Å². The van der Waals surface area contributed by atoms with Crippen LogP contribution in [-0.2, 0) is 7.05 Å². The van der Waals surface area contributed by atoms with Gasteiger partial charge in [0.25, 0.3) is 0 Å². The lowest BCUT2D eigenvalue weighted by molar-refractivity contribution is 0.190. The molecule has 3 rings (SSSR count). The van der Waals surface area contributed by atoms with Crippen LogP contribution >= 0.6 is 0 Å². The van der Waals surface area contributed by atoms with Gasteiger partial charge in [0.2, 0.25) is 5.88 Å². The summed E-state index contributed by atoms with van der Waals surface area (Å²) in [6.45, 7) is 5.19. The highest BCUT2D eigenvalue weighted by Gasteiger charge is 2.28. The summed E-state index contributed by atoms with van der Waals surface area (Å²) in [7, 11) is 1.84. The van der Waals surface area contributed by atoms with Crippen LogP contribution in [0, 0.1) is 11.3 Å². The highest BCUT2D eigenvalue weighted by atomic mass is 16.5. The van der Waals surface area contributed by atoms with Crippen LogP contribution in [0.4, 0.5) is 10.5 Å². The maximum atomic E-state index is 12.6. The van der Waals surface area contributed by atoms with Gasteiger partial charge in [0.05, 0.1) is 23.5 Å². The van der Waals surface area contributed by atoms with Gasteiger partial charge in [0.15, 0.2) is 0 Å². The number of aryl methyl sites for hydroxylation is 1. The van der Waals surface area contributed by atoms with Gasteiger partial charge in [0, 0.05) is 38.5 Å². The Morgan fingerprint density at radius 2 is 2.27 bits per heavy atom. The van der Waals surface area contributed by atoms with Crippen molar-refractivity contribution in [3.05, 3.63) is 35.8 Å². The Morgan fingerprint density at radius 1 is 1.46 bits per heavy atom. The molecule has 1 aliphatic rings. The van der Waals surface area contributed by atoms with Crippen LogP contribution in [0.3, 0.4) is 0 Å². The summed E-state index contributed by atoms with van der Waals surface area (Å²) in [5.74, 6) is 0.689. The summed E-state index contributed by atoms with van der Waals surface area (Å²) in [5, 5.41) is 16.1. The molecular weight excluding hydrogens is 332 g/mol. The number of nitriles is 1. The summed E-state index contributed by atoms with van der Waals surface area (Å²) in [5.41, 5.74) is 2.10. The molecule has 136 valence electrons. The van der Waals surface area contributed by atoms with Crippen LogP contribution in [-0.4, -0.2) is 44.9 Å². The number of pyridine rings is 1. The molecule has 1 aliphatic heterocycles. The predicted molar refractivity (Wildman–Crippen MR) is 95.9 cm³/mol. The van der Waals surface area contributed by atoms with Crippen LogP contribution in [0.15, 0.2) is 24.5 Å². The van der Waals surface area contributed by atoms with Crippen molar-refractivity contribution < 1.29 is 9.53 Å². The molecule has 8 nitrogen and oxygen atoms in total. The van der Waals surface area contributed by atoms with Crippen molar-refractivity contribution in [2.75, 3.05) is 18.4 Å². The van der Waals surface area contributed by atoms with E-state index in [4.69, 9.17) is 10.00 Å². The van der Waals surface area contributed by atoms with Crippen molar-refractivity contribution >= 4 is 11.7 Å². The van der Waals surface area contributed by atoms with Gasteiger partial charge in [-0.3, -0.25) is 4.68 Å². The fraction of sp³-hybridized carbons (Fsp3) is 0.444. The molecule has 0 aliphatic carbocycles. The zero-order chi connectivity index (χ0) is 18.7. The second-order valence-corrected chi connectivity index (χ2v) is 6.66. The minimum atomic E-state index is -0.154. The number of hydrogen-bond donors (Lipinski definition) is 1. The van der Waals surface area contributed by atoms with E-state index in [1.807, 2.05) is 33.2 Å². The van der Waals surface area contributed by atoms with E-state index in [9.17, 15) is 4.79 Å². The van der Waals surface area contributed by atoms with Gasteiger partial charge >= 0.3 is 6.03 Å². The number of aromatic nitrogens is 3. The number of hydrogen-bond acceptors (Lipinski definition) is 5. The summed E-state index contributed by atoms with van der Waals surface area (Å²) in [4.78, 5) is 18.4. The number of anilines is 1. The molecule has 26 heavy (non-hydrogen) atoms. The number of urea groups is 1. The lowest BCUT2D eigenvalue weighted by Crippen LogP contribution is -2.34. The quantitative estimate of drug-likeness (QED) is 0.910. The zero-order valence-electron chi connectivity index (χ0n) is 15.1. The molecule has 1 fully saturated rings. The normalized spacial score (nSPS) is 16.6. The molecule has 3 heterocycles. The molecule has 1 N–H and O–H groups in total. The molecule has 2 aromatic rings. The largest absolute Gasteiger partial charge is 0.472 e. The van der Waals surface area contributed by atoms with E-state index in [1.54, 1.807) is 21.7 Å². The van der Waals surface area contributed by atoms with Gasteiger partial charge in [-0.05, 0) is 12.0 Å². The van der Waals surface area contributed by atoms with Crippen LogP contribution in [0.5, 0.6) is 5.88 Å². The number of rotatable bonds is 4. The van der Waals surface area contributed by atoms with Crippen molar-refractivity contribution in [1.82, 2.24) is 19.7 Å². The molecule has 8 heteroatoms. The summed E-state index contributed by atoms with van der Waals surface area (Å²) in [6, 6.07) is 5.20. The third-order valence-corrected chi connectivity index (χ3v) is 4.23. The van der Waals surface area contributed by atoms with E-state index in [2.05, 4.69) is 15.4 Å². The predicted octanol–water partition coefficient (Wildman–Crippen LogP) is 2.50. The zero-order valence-corrected chi connectivity index (χ0v) is 15.1. The van der Waals surface area contributed by atoms with E-state index in [0.29, 0.717) is 24.5 Å². The molecule has 0 bridgehead atoms. The number of carbonyl (C=O) groups is 1. The van der Waals surface area contributed by atoms with Gasteiger partial charge in [0.1, 0.15) is 12.2 Å². The SMILES string of the molecule is CC(C)c1nn(C)cc1NC(=O)N1CCC(Oc2ccc(C#N)cn2)C1. The highest BCUT2D eigenvalue weighted by Crippen LogP contribution is 2.23. The van der Waals surface area contributed by atoms with Crippen molar-refractivity contribution in [3.63, 3.8) is 0 Å². The number of amides is 2. The fourth-order valence-corrected chi connectivity index (χ4v) is 2.92. The molecule has 1 saturated heterocycles. The Morgan fingerprint density at radius 3 is 2.92 bits per heavy atom. The first kappa shape index (κ1) is 17.7. The minimum Gasteiger partial charge on any atom is -0.472 e. The van der Waals surface area contributed by atoms with E-state index < -0.39 is 0 Å². The smallest absolute Gasteiger partial charge is 0.322 e. The van der Waals surface area contributed by atoms with Crippen LogP contribution in [0.1, 0.15) is 37.4 Å². The Balaban J connectivity index is 1.58. The maximum Gasteiger partial charge on any atom is 0.322 e. The second kappa shape index (κ2) is 7.44. The van der Waals surface area contributed by atoms with Gasteiger partial charge in [-0.2, -0.15) is 10.4 Å². The lowest BCUT2D eigenvalue weighted by Gasteiger charge is -2.18. The molecular formula is C18H22N6O2. The van der Waals surface area contributed by atoms with Crippen LogP contribution < -0.4 is 10.1 Å². The Labute approximate surface area is 152 Å². The first-order chi connectivity index (χ1) is 12.5. The van der Waals surface area contributed by atoms with Crippen LogP contribution in [0.2, 0.25) is 0 Å². The maximum absolute atomic E-state index is 12.6. The number of nitrogens with one attached hydrogen (secondary N) is 1. The van der Waals surface area contributed by atoms with E-state index >= 15 is 0 Å². The van der Waals surface area contributed by atoms with Crippen LogP contribution in [0.25, 0.3) is 0 Å². The molecule has 1 unspecified atom stereocenters. The third-order valence-electron chi connectivity index (χ3n) is 4.23. The average Bonchev–Trinajstić information content (AvgIpc) is 3.22. The monoisotopic (exact) mass is 354 g/mol. The second-order valence-electron chi connectivity index (χ2n) is 6.66. The number of nitrogens with zero attached hydrogens (tertiary/aromatic N) is 5. The Hall–Kier alpha value is -3.08. The molecule has 1 atom stereocenters. The van der Waals surface area contributed by atoms with E-state index in [0.717, 1.165) is 17.8 Å². The topological polar surface area (TPSA) is 96.1 Å². The lowest BCUT2D eigenvalue weighted by atomic mass is 10.1. The number of likely N-dealkylation sites (tertiary alicyclic amines) is 1. The fourth-order valence-electron chi connectivity index (χ4n) is 2.92. The number of ether oxygens (including phenoxy) is 1. The minimum absolute atomic E-state index is 0.111. The molecule has 0 aromatic carbocycles. The van der Waals surface area contributed by atoms with E-state index in [-0.39, 0.29) is 18.1 Å².